The van der Waals surface area contributed by atoms with Crippen LogP contribution < -0.4 is 5.43 Å². The van der Waals surface area contributed by atoms with Gasteiger partial charge in [-0.3, -0.25) is 4.79 Å². The molecule has 1 amide bonds. The van der Waals surface area contributed by atoms with Gasteiger partial charge in [-0.2, -0.15) is 9.90 Å². The van der Waals surface area contributed by atoms with Crippen molar-refractivity contribution in [3.63, 3.8) is 0 Å². The van der Waals surface area contributed by atoms with E-state index < -0.39 is 0 Å². The molecule has 0 fully saturated rings. The molecule has 5 aromatic rings. The first kappa shape index (κ1) is 21.5. The Hall–Kier alpha value is -4.30. The first-order valence-electron chi connectivity index (χ1n) is 10.6. The Bertz CT molecular complexity index is 1460. The lowest BCUT2D eigenvalue weighted by molar-refractivity contribution is -0.122. The fourth-order valence-corrected chi connectivity index (χ4v) is 3.77. The number of benzene rings is 3. The van der Waals surface area contributed by atoms with Gasteiger partial charge in [-0.25, -0.2) is 5.43 Å². The number of halogens is 1. The largest absolute Gasteiger partial charge is 0.342 e. The van der Waals surface area contributed by atoms with Crippen LogP contribution in [0.4, 0.5) is 0 Å². The molecule has 9 heteroatoms. The second-order valence-electron chi connectivity index (χ2n) is 7.66. The second-order valence-corrected chi connectivity index (χ2v) is 8.10. The number of rotatable bonds is 7. The SMILES string of the molecule is O=C(Cn1nnc(-c2ccccc2)n1)NN=Cc1cn(Cc2ccc(Cl)cc2)c2ccccc12. The third kappa shape index (κ3) is 4.87. The van der Waals surface area contributed by atoms with E-state index in [9.17, 15) is 4.79 Å². The van der Waals surface area contributed by atoms with Gasteiger partial charge in [-0.05, 0) is 29.0 Å². The highest BCUT2D eigenvalue weighted by Gasteiger charge is 2.10. The van der Waals surface area contributed by atoms with E-state index in [0.29, 0.717) is 17.4 Å². The molecule has 0 saturated carbocycles. The molecule has 8 nitrogen and oxygen atoms in total. The fourth-order valence-electron chi connectivity index (χ4n) is 3.65. The molecule has 0 saturated heterocycles. The quantitative estimate of drug-likeness (QED) is 0.286. The molecule has 0 unspecified atom stereocenters. The van der Waals surface area contributed by atoms with Crippen LogP contribution in [0, 0.1) is 0 Å². The molecule has 0 aliphatic heterocycles. The third-order valence-corrected chi connectivity index (χ3v) is 5.50. The maximum atomic E-state index is 12.3. The molecule has 168 valence electrons. The second kappa shape index (κ2) is 9.68. The van der Waals surface area contributed by atoms with E-state index in [2.05, 4.69) is 36.6 Å². The van der Waals surface area contributed by atoms with Gasteiger partial charge in [0, 0.05) is 39.8 Å². The maximum absolute atomic E-state index is 12.3. The smallest absolute Gasteiger partial charge is 0.263 e. The lowest BCUT2D eigenvalue weighted by Gasteiger charge is -2.05. The molecule has 0 radical (unpaired) electrons. The molecular weight excluding hydrogens is 450 g/mol. The highest BCUT2D eigenvalue weighted by molar-refractivity contribution is 6.30. The first-order chi connectivity index (χ1) is 16.7. The Balaban J connectivity index is 1.26. The zero-order valence-corrected chi connectivity index (χ0v) is 18.8. The summed E-state index contributed by atoms with van der Waals surface area (Å²) in [6.45, 7) is 0.606. The van der Waals surface area contributed by atoms with Gasteiger partial charge in [0.1, 0.15) is 6.54 Å². The van der Waals surface area contributed by atoms with Crippen LogP contribution in [-0.4, -0.2) is 36.9 Å². The summed E-state index contributed by atoms with van der Waals surface area (Å²) in [6, 6.07) is 25.3. The first-order valence-corrected chi connectivity index (χ1v) is 11.0. The Morgan fingerprint density at radius 2 is 1.76 bits per heavy atom. The standard InChI is InChI=1S/C25H20ClN7O/c26-21-12-10-18(11-13-21)15-32-16-20(22-8-4-5-9-23(22)32)14-27-28-24(34)17-33-30-25(29-31-33)19-6-2-1-3-7-19/h1-14,16H,15,17H2,(H,28,34). The van der Waals surface area contributed by atoms with Crippen molar-refractivity contribution in [1.82, 2.24) is 30.2 Å². The molecule has 2 aromatic heterocycles. The zero-order valence-electron chi connectivity index (χ0n) is 18.0. The summed E-state index contributed by atoms with van der Waals surface area (Å²) in [5.41, 5.74) is 6.48. The van der Waals surface area contributed by atoms with Crippen molar-refractivity contribution in [3.05, 3.63) is 101 Å². The molecular formula is C25H20ClN7O. The number of tetrazole rings is 1. The molecule has 3 aromatic carbocycles. The number of amides is 1. The molecule has 0 aliphatic rings. The molecule has 0 bridgehead atoms. The van der Waals surface area contributed by atoms with Crippen molar-refractivity contribution in [1.29, 1.82) is 0 Å². The van der Waals surface area contributed by atoms with E-state index in [1.54, 1.807) is 6.21 Å². The Kier molecular flexibility index (Phi) is 6.13. The summed E-state index contributed by atoms with van der Waals surface area (Å²) in [6.07, 6.45) is 3.66. The van der Waals surface area contributed by atoms with Crippen LogP contribution in [0.3, 0.4) is 0 Å². The molecule has 0 aliphatic carbocycles. The van der Waals surface area contributed by atoms with Crippen LogP contribution in [0.1, 0.15) is 11.1 Å². The predicted molar refractivity (Wildman–Crippen MR) is 131 cm³/mol. The Morgan fingerprint density at radius 3 is 2.59 bits per heavy atom. The Labute approximate surface area is 200 Å². The number of carbonyl (C=O) groups is 1. The lowest BCUT2D eigenvalue weighted by atomic mass is 10.2. The van der Waals surface area contributed by atoms with Gasteiger partial charge in [0.15, 0.2) is 0 Å². The number of nitrogens with zero attached hydrogens (tertiary/aromatic N) is 6. The van der Waals surface area contributed by atoms with Crippen LogP contribution in [0.5, 0.6) is 0 Å². The predicted octanol–water partition coefficient (Wildman–Crippen LogP) is 4.15. The third-order valence-electron chi connectivity index (χ3n) is 5.25. The minimum absolute atomic E-state index is 0.0878. The summed E-state index contributed by atoms with van der Waals surface area (Å²) < 4.78 is 2.15. The molecule has 0 spiro atoms. The van der Waals surface area contributed by atoms with Gasteiger partial charge in [0.05, 0.1) is 6.21 Å². The van der Waals surface area contributed by atoms with E-state index in [0.717, 1.165) is 27.6 Å². The van der Waals surface area contributed by atoms with Crippen molar-refractivity contribution in [3.8, 4) is 11.4 Å². The molecule has 1 N–H and O–H groups in total. The number of hydrazone groups is 1. The van der Waals surface area contributed by atoms with Crippen molar-refractivity contribution in [2.75, 3.05) is 0 Å². The normalized spacial score (nSPS) is 11.3. The molecule has 0 atom stereocenters. The topological polar surface area (TPSA) is 90.0 Å². The van der Waals surface area contributed by atoms with Crippen molar-refractivity contribution < 1.29 is 4.79 Å². The maximum Gasteiger partial charge on any atom is 0.263 e. The summed E-state index contributed by atoms with van der Waals surface area (Å²) in [5, 5.41) is 18.1. The number of hydrogen-bond acceptors (Lipinski definition) is 5. The average Bonchev–Trinajstić information content (AvgIpc) is 3.46. The van der Waals surface area contributed by atoms with Crippen molar-refractivity contribution in [2.24, 2.45) is 5.10 Å². The van der Waals surface area contributed by atoms with Crippen LogP contribution in [0.2, 0.25) is 5.02 Å². The summed E-state index contributed by atoms with van der Waals surface area (Å²) >= 11 is 6.01. The molecule has 34 heavy (non-hydrogen) atoms. The average molecular weight is 470 g/mol. The van der Waals surface area contributed by atoms with Gasteiger partial charge in [0.25, 0.3) is 5.91 Å². The minimum Gasteiger partial charge on any atom is -0.342 e. The van der Waals surface area contributed by atoms with Gasteiger partial charge in [-0.1, -0.05) is 72.3 Å². The molecule has 2 heterocycles. The number of para-hydroxylation sites is 1. The minimum atomic E-state index is -0.349. The highest BCUT2D eigenvalue weighted by Crippen LogP contribution is 2.22. The van der Waals surface area contributed by atoms with Gasteiger partial charge < -0.3 is 4.57 Å². The fraction of sp³-hybridized carbons (Fsp3) is 0.0800. The highest BCUT2D eigenvalue weighted by atomic mass is 35.5. The van der Waals surface area contributed by atoms with Crippen molar-refractivity contribution >= 4 is 34.6 Å². The number of hydrogen-bond donors (Lipinski definition) is 1. The van der Waals surface area contributed by atoms with Crippen LogP contribution >= 0.6 is 11.6 Å². The van der Waals surface area contributed by atoms with Gasteiger partial charge in [0.2, 0.25) is 5.82 Å². The number of nitrogens with one attached hydrogen (secondary N) is 1. The number of carbonyl (C=O) groups excluding carboxylic acids is 1. The van der Waals surface area contributed by atoms with E-state index in [1.165, 1.54) is 4.80 Å². The lowest BCUT2D eigenvalue weighted by Crippen LogP contribution is -2.24. The summed E-state index contributed by atoms with van der Waals surface area (Å²) in [5.74, 6) is 0.114. The van der Waals surface area contributed by atoms with Gasteiger partial charge >= 0.3 is 0 Å². The van der Waals surface area contributed by atoms with E-state index in [4.69, 9.17) is 11.6 Å². The van der Waals surface area contributed by atoms with Crippen LogP contribution in [-0.2, 0) is 17.9 Å². The van der Waals surface area contributed by atoms with E-state index in [1.807, 2.05) is 79.0 Å². The van der Waals surface area contributed by atoms with Gasteiger partial charge in [-0.15, -0.1) is 10.2 Å². The van der Waals surface area contributed by atoms with Crippen molar-refractivity contribution in [2.45, 2.75) is 13.1 Å². The number of aromatic nitrogens is 5. The van der Waals surface area contributed by atoms with E-state index >= 15 is 0 Å². The monoisotopic (exact) mass is 469 g/mol. The Morgan fingerprint density at radius 1 is 1.00 bits per heavy atom. The summed E-state index contributed by atoms with van der Waals surface area (Å²) in [4.78, 5) is 13.6. The zero-order chi connectivity index (χ0) is 23.3. The van der Waals surface area contributed by atoms with Crippen LogP contribution in [0.25, 0.3) is 22.3 Å². The van der Waals surface area contributed by atoms with E-state index in [-0.39, 0.29) is 12.5 Å². The van der Waals surface area contributed by atoms with Crippen LogP contribution in [0.15, 0.2) is 90.2 Å². The molecule has 5 rings (SSSR count). The summed E-state index contributed by atoms with van der Waals surface area (Å²) in [7, 11) is 0. The number of fused-ring (bicyclic) bond motifs is 1.